The molecule has 2 unspecified atom stereocenters. The van der Waals surface area contributed by atoms with Gasteiger partial charge < -0.3 is 15.8 Å². The molecule has 2 rings (SSSR count). The Morgan fingerprint density at radius 2 is 1.95 bits per heavy atom. The van der Waals surface area contributed by atoms with Gasteiger partial charge in [0.2, 0.25) is 5.91 Å². The smallest absolute Gasteiger partial charge is 0.237 e. The van der Waals surface area contributed by atoms with Crippen LogP contribution in [-0.4, -0.2) is 30.2 Å². The summed E-state index contributed by atoms with van der Waals surface area (Å²) >= 11 is 0. The van der Waals surface area contributed by atoms with Gasteiger partial charge in [0.25, 0.3) is 0 Å². The zero-order chi connectivity index (χ0) is 15.3. The molecule has 0 aromatic carbocycles. The van der Waals surface area contributed by atoms with E-state index in [9.17, 15) is 4.79 Å². The van der Waals surface area contributed by atoms with Gasteiger partial charge in [-0.05, 0) is 51.9 Å². The predicted octanol–water partition coefficient (Wildman–Crippen LogP) is 2.75. The quantitative estimate of drug-likeness (QED) is 0.792. The maximum Gasteiger partial charge on any atom is 0.237 e. The lowest BCUT2D eigenvalue weighted by Crippen LogP contribution is -2.60. The fourth-order valence-corrected chi connectivity index (χ4v) is 3.97. The maximum atomic E-state index is 12.0. The first-order chi connectivity index (χ1) is 10.0. The summed E-state index contributed by atoms with van der Waals surface area (Å²) in [6.45, 7) is 5.00. The Labute approximate surface area is 129 Å². The molecule has 0 spiro atoms. The summed E-state index contributed by atoms with van der Waals surface area (Å²) in [5.74, 6) is 0.504. The molecule has 2 aliphatic rings. The van der Waals surface area contributed by atoms with E-state index in [0.29, 0.717) is 0 Å². The molecule has 2 fully saturated rings. The molecule has 4 heteroatoms. The molecule has 0 aliphatic heterocycles. The second-order valence-corrected chi connectivity index (χ2v) is 7.30. The van der Waals surface area contributed by atoms with Gasteiger partial charge in [0, 0.05) is 19.1 Å². The van der Waals surface area contributed by atoms with Crippen LogP contribution in [0.15, 0.2) is 0 Å². The van der Waals surface area contributed by atoms with E-state index >= 15 is 0 Å². The van der Waals surface area contributed by atoms with Crippen molar-refractivity contribution in [3.8, 4) is 0 Å². The number of nitrogens with two attached hydrogens (primary N) is 1. The summed E-state index contributed by atoms with van der Waals surface area (Å²) in [4.78, 5) is 12.0. The zero-order valence-electron chi connectivity index (χ0n) is 13.7. The van der Waals surface area contributed by atoms with Crippen molar-refractivity contribution in [2.45, 2.75) is 89.3 Å². The summed E-state index contributed by atoms with van der Waals surface area (Å²) in [6.07, 6.45) is 10.5. The average molecular weight is 296 g/mol. The Morgan fingerprint density at radius 3 is 2.57 bits per heavy atom. The first-order valence-electron chi connectivity index (χ1n) is 8.71. The van der Waals surface area contributed by atoms with E-state index in [4.69, 9.17) is 10.5 Å². The summed E-state index contributed by atoms with van der Waals surface area (Å²) in [6, 6.07) is 0.259. The van der Waals surface area contributed by atoms with Gasteiger partial charge in [0.05, 0.1) is 6.10 Å². The molecule has 0 heterocycles. The molecule has 2 aliphatic carbocycles. The highest BCUT2D eigenvalue weighted by atomic mass is 16.5. The molecule has 122 valence electrons. The van der Waals surface area contributed by atoms with Crippen molar-refractivity contribution >= 4 is 5.91 Å². The largest absolute Gasteiger partial charge is 0.378 e. The SMILES string of the molecule is CC(C)NC1(C(N)=O)CCCC(OCC2CCCCC2)C1. The lowest BCUT2D eigenvalue weighted by atomic mass is 9.79. The van der Waals surface area contributed by atoms with Gasteiger partial charge in [-0.25, -0.2) is 0 Å². The van der Waals surface area contributed by atoms with E-state index in [2.05, 4.69) is 19.2 Å². The summed E-state index contributed by atoms with van der Waals surface area (Å²) < 4.78 is 6.16. The fraction of sp³-hybridized carbons (Fsp3) is 0.941. The second kappa shape index (κ2) is 7.59. The Kier molecular flexibility index (Phi) is 6.06. The number of rotatable bonds is 6. The first-order valence-corrected chi connectivity index (χ1v) is 8.71. The van der Waals surface area contributed by atoms with Crippen molar-refractivity contribution in [3.63, 3.8) is 0 Å². The third-order valence-electron chi connectivity index (χ3n) is 5.03. The number of primary amides is 1. The van der Waals surface area contributed by atoms with Crippen molar-refractivity contribution in [3.05, 3.63) is 0 Å². The summed E-state index contributed by atoms with van der Waals surface area (Å²) in [5, 5.41) is 3.41. The number of amides is 1. The molecule has 0 saturated heterocycles. The summed E-state index contributed by atoms with van der Waals surface area (Å²) in [5.41, 5.74) is 5.13. The van der Waals surface area contributed by atoms with Crippen LogP contribution in [0.25, 0.3) is 0 Å². The highest BCUT2D eigenvalue weighted by Gasteiger charge is 2.42. The van der Waals surface area contributed by atoms with Gasteiger partial charge >= 0.3 is 0 Å². The molecular formula is C17H32N2O2. The summed E-state index contributed by atoms with van der Waals surface area (Å²) in [7, 11) is 0. The molecule has 21 heavy (non-hydrogen) atoms. The Morgan fingerprint density at radius 1 is 1.24 bits per heavy atom. The lowest BCUT2D eigenvalue weighted by molar-refractivity contribution is -0.129. The molecule has 0 bridgehead atoms. The first kappa shape index (κ1) is 16.8. The van der Waals surface area contributed by atoms with E-state index in [1.54, 1.807) is 0 Å². The highest BCUT2D eigenvalue weighted by molar-refractivity contribution is 5.84. The van der Waals surface area contributed by atoms with E-state index < -0.39 is 5.54 Å². The van der Waals surface area contributed by atoms with Crippen molar-refractivity contribution < 1.29 is 9.53 Å². The molecule has 0 aromatic rings. The molecule has 1 amide bonds. The van der Waals surface area contributed by atoms with Crippen LogP contribution < -0.4 is 11.1 Å². The second-order valence-electron chi connectivity index (χ2n) is 7.30. The van der Waals surface area contributed by atoms with Gasteiger partial charge in [-0.3, -0.25) is 4.79 Å². The number of hydrogen-bond acceptors (Lipinski definition) is 3. The van der Waals surface area contributed by atoms with Gasteiger partial charge in [-0.2, -0.15) is 0 Å². The zero-order valence-corrected chi connectivity index (χ0v) is 13.7. The van der Waals surface area contributed by atoms with E-state index in [0.717, 1.165) is 38.2 Å². The molecule has 0 radical (unpaired) electrons. The Hall–Kier alpha value is -0.610. The normalized spacial score (nSPS) is 31.5. The van der Waals surface area contributed by atoms with Crippen LogP contribution in [0.4, 0.5) is 0 Å². The minimum Gasteiger partial charge on any atom is -0.378 e. The number of carbonyl (C=O) groups is 1. The van der Waals surface area contributed by atoms with Gasteiger partial charge in [-0.15, -0.1) is 0 Å². The number of hydrogen-bond donors (Lipinski definition) is 2. The minimum atomic E-state index is -0.566. The molecule has 4 nitrogen and oxygen atoms in total. The molecule has 2 saturated carbocycles. The predicted molar refractivity (Wildman–Crippen MR) is 85.0 cm³/mol. The molecule has 2 atom stereocenters. The molecular weight excluding hydrogens is 264 g/mol. The minimum absolute atomic E-state index is 0.180. The maximum absolute atomic E-state index is 12.0. The van der Waals surface area contributed by atoms with Gasteiger partial charge in [0.15, 0.2) is 0 Å². The van der Waals surface area contributed by atoms with Crippen LogP contribution in [0.1, 0.15) is 71.6 Å². The Balaban J connectivity index is 1.87. The van der Waals surface area contributed by atoms with Crippen molar-refractivity contribution in [1.82, 2.24) is 5.32 Å². The van der Waals surface area contributed by atoms with Crippen LogP contribution in [0.5, 0.6) is 0 Å². The lowest BCUT2D eigenvalue weighted by Gasteiger charge is -2.40. The van der Waals surface area contributed by atoms with Crippen LogP contribution in [0, 0.1) is 5.92 Å². The van der Waals surface area contributed by atoms with E-state index in [-0.39, 0.29) is 18.1 Å². The molecule has 3 N–H and O–H groups in total. The standard InChI is InChI=1S/C17H32N2O2/c1-13(2)19-17(16(18)20)10-6-9-15(11-17)21-12-14-7-4-3-5-8-14/h13-15,19H,3-12H2,1-2H3,(H2,18,20). The Bertz CT molecular complexity index is 340. The monoisotopic (exact) mass is 296 g/mol. The van der Waals surface area contributed by atoms with E-state index in [1.807, 2.05) is 0 Å². The van der Waals surface area contributed by atoms with Gasteiger partial charge in [-0.1, -0.05) is 19.3 Å². The van der Waals surface area contributed by atoms with Crippen molar-refractivity contribution in [1.29, 1.82) is 0 Å². The molecule has 0 aromatic heterocycles. The highest BCUT2D eigenvalue weighted by Crippen LogP contribution is 2.32. The number of carbonyl (C=O) groups excluding carboxylic acids is 1. The number of nitrogens with one attached hydrogen (secondary N) is 1. The van der Waals surface area contributed by atoms with Crippen molar-refractivity contribution in [2.24, 2.45) is 11.7 Å². The van der Waals surface area contributed by atoms with Crippen LogP contribution >= 0.6 is 0 Å². The van der Waals surface area contributed by atoms with Crippen LogP contribution in [0.2, 0.25) is 0 Å². The third-order valence-corrected chi connectivity index (χ3v) is 5.03. The average Bonchev–Trinajstić information content (AvgIpc) is 2.46. The van der Waals surface area contributed by atoms with Crippen molar-refractivity contribution in [2.75, 3.05) is 6.61 Å². The number of ether oxygens (including phenoxy) is 1. The third kappa shape index (κ3) is 4.68. The topological polar surface area (TPSA) is 64.3 Å². The van der Waals surface area contributed by atoms with Crippen LogP contribution in [-0.2, 0) is 9.53 Å². The van der Waals surface area contributed by atoms with Crippen LogP contribution in [0.3, 0.4) is 0 Å². The van der Waals surface area contributed by atoms with Gasteiger partial charge in [0.1, 0.15) is 5.54 Å². The van der Waals surface area contributed by atoms with E-state index in [1.165, 1.54) is 32.1 Å². The fourth-order valence-electron chi connectivity index (χ4n) is 3.97.